The third-order valence-electron chi connectivity index (χ3n) is 12.2. The van der Waals surface area contributed by atoms with Gasteiger partial charge < -0.3 is 85.1 Å². The number of carboxylic acid groups (broad SMARTS) is 3. The number of phenolic OH excluding ortho intramolecular Hbond substituents is 1. The number of hydrogen-bond donors (Lipinski definition) is 15. The fourth-order valence-corrected chi connectivity index (χ4v) is 8.18. The van der Waals surface area contributed by atoms with Crippen molar-refractivity contribution in [3.8, 4) is 5.75 Å². The Morgan fingerprint density at radius 3 is 1.68 bits per heavy atom. The summed E-state index contributed by atoms with van der Waals surface area (Å²) in [6, 6.07) is 4.17. The number of guanidine groups is 1. The summed E-state index contributed by atoms with van der Waals surface area (Å²) in [6.45, 7) is 8.93. The summed E-state index contributed by atoms with van der Waals surface area (Å²) in [5.41, 5.74) is 23.5. The zero-order chi connectivity index (χ0) is 61.8. The number of aliphatic imine (C=N–C) groups is 1. The number of aromatic nitrogens is 2. The Morgan fingerprint density at radius 2 is 1.18 bits per heavy atom. The average Bonchev–Trinajstić information content (AvgIpc) is 4.26. The van der Waals surface area contributed by atoms with Gasteiger partial charge in [-0.2, -0.15) is 0 Å². The largest absolute Gasteiger partial charge is 0.508 e. The average molecular weight is 1150 g/mol. The van der Waals surface area contributed by atoms with Crippen LogP contribution in [-0.4, -0.2) is 168 Å². The summed E-state index contributed by atoms with van der Waals surface area (Å²) in [7, 11) is 0. The van der Waals surface area contributed by atoms with Gasteiger partial charge in [0.25, 0.3) is 11.9 Å². The smallest absolute Gasteiger partial charge is 0.326 e. The Morgan fingerprint density at radius 1 is 0.671 bits per heavy atom. The predicted molar refractivity (Wildman–Crippen MR) is 296 cm³/mol. The van der Waals surface area contributed by atoms with Crippen molar-refractivity contribution in [3.05, 3.63) is 83.9 Å². The van der Waals surface area contributed by atoms with Crippen LogP contribution in [0.15, 0.2) is 72.1 Å². The molecule has 0 bridgehead atoms. The van der Waals surface area contributed by atoms with E-state index in [2.05, 4.69) is 46.9 Å². The van der Waals surface area contributed by atoms with Crippen molar-refractivity contribution in [2.24, 2.45) is 39.8 Å². The predicted octanol–water partition coefficient (Wildman–Crippen LogP) is -2.12. The first kappa shape index (κ1) is 69.0. The molecule has 8 amide bonds. The van der Waals surface area contributed by atoms with Gasteiger partial charge in [-0.1, -0.05) is 70.2 Å². The number of H-pyrrole nitrogens is 1. The second-order valence-electron chi connectivity index (χ2n) is 19.8. The van der Waals surface area contributed by atoms with Crippen LogP contribution in [0.5, 0.6) is 5.75 Å². The second kappa shape index (κ2) is 34.8. The van der Waals surface area contributed by atoms with Gasteiger partial charge in [0.2, 0.25) is 47.3 Å². The van der Waals surface area contributed by atoms with Crippen LogP contribution in [-0.2, 0) is 72.0 Å². The molecular weight excluding hydrogens is 1070 g/mol. The Balaban J connectivity index is 0.00000268. The summed E-state index contributed by atoms with van der Waals surface area (Å²) < 4.78 is 0. The number of nitrogens with two attached hydrogens (primary N) is 4. The van der Waals surface area contributed by atoms with E-state index in [4.69, 9.17) is 42.7 Å². The number of amides is 8. The molecule has 1 aromatic heterocycles. The molecule has 1 aliphatic heterocycles. The minimum absolute atomic E-state index is 0.000444. The topological polar surface area (TPSA) is 489 Å². The highest BCUT2D eigenvalue weighted by Crippen LogP contribution is 2.21. The molecule has 0 spiro atoms. The lowest BCUT2D eigenvalue weighted by atomic mass is 9.98. The molecular formula is C53H78N14O15. The van der Waals surface area contributed by atoms with Crippen LogP contribution >= 0.6 is 0 Å². The van der Waals surface area contributed by atoms with Crippen molar-refractivity contribution in [2.75, 3.05) is 13.1 Å². The molecule has 450 valence electrons. The molecule has 2 aromatic carbocycles. The number of likely N-dealkylation sites (tertiary alicyclic amines) is 1. The number of imidazole rings is 1. The minimum Gasteiger partial charge on any atom is -0.508 e. The van der Waals surface area contributed by atoms with Gasteiger partial charge in [0.1, 0.15) is 48.0 Å². The molecule has 3 aromatic rings. The lowest BCUT2D eigenvalue weighted by Gasteiger charge is -2.31. The number of benzene rings is 2. The fraction of sp³-hybridized carbons (Fsp3) is 0.491. The van der Waals surface area contributed by atoms with Crippen molar-refractivity contribution in [1.82, 2.24) is 46.8 Å². The maximum atomic E-state index is 14.5. The van der Waals surface area contributed by atoms with E-state index >= 15 is 0 Å². The normalized spacial score (nSPS) is 15.1. The number of aliphatic carboxylic acids is 3. The molecule has 2 heterocycles. The lowest BCUT2D eigenvalue weighted by Crippen LogP contribution is -2.62. The summed E-state index contributed by atoms with van der Waals surface area (Å²) in [5, 5.41) is 50.7. The number of carbonyl (C=O) groups is 11. The van der Waals surface area contributed by atoms with Crippen molar-refractivity contribution >= 4 is 71.1 Å². The number of primary amides is 1. The molecule has 29 heteroatoms. The van der Waals surface area contributed by atoms with Gasteiger partial charge in [0.15, 0.2) is 5.96 Å². The van der Waals surface area contributed by atoms with E-state index in [1.807, 2.05) is 0 Å². The number of nitrogens with one attached hydrogen (secondary N) is 7. The number of hydrogen-bond acceptors (Lipinski definition) is 15. The van der Waals surface area contributed by atoms with Crippen LogP contribution in [0.3, 0.4) is 0 Å². The first-order chi connectivity index (χ1) is 38.5. The van der Waals surface area contributed by atoms with Crippen molar-refractivity contribution in [2.45, 2.75) is 141 Å². The third kappa shape index (κ3) is 25.3. The summed E-state index contributed by atoms with van der Waals surface area (Å²) in [6.07, 6.45) is 2.86. The molecule has 0 aliphatic carbocycles. The minimum atomic E-state index is -1.41. The highest BCUT2D eigenvalue weighted by molar-refractivity contribution is 5.98. The molecule has 8 atom stereocenters. The van der Waals surface area contributed by atoms with Crippen LogP contribution in [0.4, 0.5) is 0 Å². The Labute approximate surface area is 473 Å². The SMILES string of the molecule is CC(=O)O.CC(=O)O.CC(C)[C@H](NC(=O)[C@H](CCCN=C(N)N)NC(=O)[C@@H](N)CC(N)=O)C(=O)N[C@@H](Cc1ccc(O)cc1)C(=O)N[C@H](C(=O)N[C@@H](Cc1cnc[nH]1)C(=O)N1CCC[C@H]1C(=O)N[C@@H](Cc1ccccc1)C(=O)O)C(C)C. The number of aromatic amines is 1. The molecule has 0 radical (unpaired) electrons. The molecule has 1 aliphatic rings. The van der Waals surface area contributed by atoms with Crippen LogP contribution in [0.25, 0.3) is 0 Å². The molecule has 0 saturated carbocycles. The molecule has 0 unspecified atom stereocenters. The van der Waals surface area contributed by atoms with Crippen LogP contribution in [0.1, 0.15) is 90.5 Å². The molecule has 19 N–H and O–H groups in total. The second-order valence-corrected chi connectivity index (χ2v) is 19.8. The van der Waals surface area contributed by atoms with Gasteiger partial charge in [-0.3, -0.25) is 52.9 Å². The van der Waals surface area contributed by atoms with Gasteiger partial charge in [-0.25, -0.2) is 9.78 Å². The van der Waals surface area contributed by atoms with E-state index in [0.29, 0.717) is 23.2 Å². The number of nitrogens with zero attached hydrogens (tertiary/aromatic N) is 3. The zero-order valence-electron chi connectivity index (χ0n) is 46.6. The van der Waals surface area contributed by atoms with Crippen LogP contribution < -0.4 is 54.8 Å². The van der Waals surface area contributed by atoms with E-state index in [-0.39, 0.29) is 63.3 Å². The number of phenols is 1. The van der Waals surface area contributed by atoms with E-state index < -0.39 is 132 Å². The maximum Gasteiger partial charge on any atom is 0.326 e. The zero-order valence-corrected chi connectivity index (χ0v) is 46.6. The molecule has 29 nitrogen and oxygen atoms in total. The molecule has 82 heavy (non-hydrogen) atoms. The van der Waals surface area contributed by atoms with Crippen molar-refractivity contribution in [3.63, 3.8) is 0 Å². The summed E-state index contributed by atoms with van der Waals surface area (Å²) >= 11 is 0. The molecule has 1 fully saturated rings. The Kier molecular flexibility index (Phi) is 29.2. The number of carbonyl (C=O) groups excluding carboxylic acids is 8. The fourth-order valence-electron chi connectivity index (χ4n) is 8.18. The van der Waals surface area contributed by atoms with Crippen molar-refractivity contribution in [1.29, 1.82) is 0 Å². The first-order valence-corrected chi connectivity index (χ1v) is 26.1. The van der Waals surface area contributed by atoms with Gasteiger partial charge in [-0.15, -0.1) is 0 Å². The van der Waals surface area contributed by atoms with Crippen LogP contribution in [0.2, 0.25) is 0 Å². The first-order valence-electron chi connectivity index (χ1n) is 26.1. The monoisotopic (exact) mass is 1150 g/mol. The Hall–Kier alpha value is -9.15. The highest BCUT2D eigenvalue weighted by atomic mass is 16.4. The number of rotatable bonds is 28. The lowest BCUT2D eigenvalue weighted by molar-refractivity contribution is -0.145. The molecule has 1 saturated heterocycles. The maximum absolute atomic E-state index is 14.5. The van der Waals surface area contributed by atoms with Gasteiger partial charge >= 0.3 is 5.97 Å². The Bertz CT molecular complexity index is 2630. The number of carboxylic acids is 3. The van der Waals surface area contributed by atoms with Crippen LogP contribution in [0, 0.1) is 11.8 Å². The highest BCUT2D eigenvalue weighted by Gasteiger charge is 2.41. The van der Waals surface area contributed by atoms with E-state index in [1.165, 1.54) is 41.7 Å². The summed E-state index contributed by atoms with van der Waals surface area (Å²) in [5.74, 6) is -10.7. The van der Waals surface area contributed by atoms with Gasteiger partial charge in [0.05, 0.1) is 18.8 Å². The van der Waals surface area contributed by atoms with Gasteiger partial charge in [0, 0.05) is 58.1 Å². The van der Waals surface area contributed by atoms with Gasteiger partial charge in [-0.05, 0) is 60.8 Å². The van der Waals surface area contributed by atoms with Crippen molar-refractivity contribution < 1.29 is 73.2 Å². The van der Waals surface area contributed by atoms with E-state index in [9.17, 15) is 53.4 Å². The standard InChI is InChI=1S/C49H70N14O11.2C2H4O2/c1-26(2)39(61-42(67)33(12-8-18-55-49(52)53)57-41(66)32(50)23-38(51)65)45(70)58-34(20-29-14-16-31(64)17-15-29)43(68)62-40(27(3)4)46(71)59-35(22-30-24-54-25-56-30)47(72)63-19-9-13-37(63)44(69)60-36(48(73)74)21-28-10-6-5-7-11-28;2*1-2(3)4/h5-7,10-11,14-17,24-27,32-37,39-40,64H,8-9,12-13,18-23,50H2,1-4H3,(H2,51,65)(H,54,56)(H,57,66)(H,58,70)(H,59,71)(H,60,69)(H,61,67)(H,62,68)(H,73,74)(H4,52,53,55);2*1H3,(H,3,4)/t32-,33-,34-,35-,36-,37-,39-,40-;;/m0../s1. The molecule has 4 rings (SSSR count). The summed E-state index contributed by atoms with van der Waals surface area (Å²) in [4.78, 5) is 152. The van der Waals surface area contributed by atoms with E-state index in [1.54, 1.807) is 58.0 Å². The third-order valence-corrected chi connectivity index (χ3v) is 12.2. The number of aromatic hydroxyl groups is 1. The quantitative estimate of drug-likeness (QED) is 0.0210. The van der Waals surface area contributed by atoms with E-state index in [0.717, 1.165) is 13.8 Å².